The highest BCUT2D eigenvalue weighted by atomic mass is 35.5. The summed E-state index contributed by atoms with van der Waals surface area (Å²) in [7, 11) is 1.51. The fraction of sp³-hybridized carbons (Fsp3) is 0.100. The van der Waals surface area contributed by atoms with Crippen molar-refractivity contribution >= 4 is 34.9 Å². The van der Waals surface area contributed by atoms with Gasteiger partial charge in [0, 0.05) is 17.6 Å². The second kappa shape index (κ2) is 7.96. The smallest absolute Gasteiger partial charge is 0.298 e. The number of hydrogen-bond donors (Lipinski definition) is 2. The molecule has 8 nitrogen and oxygen atoms in total. The molecule has 0 spiro atoms. The number of nitrogens with one attached hydrogen (secondary N) is 2. The van der Waals surface area contributed by atoms with Gasteiger partial charge in [-0.2, -0.15) is 10.1 Å². The van der Waals surface area contributed by atoms with Crippen molar-refractivity contribution in [1.29, 1.82) is 0 Å². The first-order valence-electron chi connectivity index (χ1n) is 8.91. The van der Waals surface area contributed by atoms with Crippen LogP contribution >= 0.6 is 11.6 Å². The maximum atomic E-state index is 13.3. The molecular formula is C20H16ClFN6O2. The van der Waals surface area contributed by atoms with E-state index in [1.54, 1.807) is 28.8 Å². The summed E-state index contributed by atoms with van der Waals surface area (Å²) in [4.78, 5) is 31.1. The van der Waals surface area contributed by atoms with Crippen LogP contribution in [0.4, 0.5) is 10.3 Å². The molecule has 0 fully saturated rings. The number of hydrazone groups is 1. The minimum atomic E-state index is -0.579. The SMILES string of the molecule is Cn1c(=O)[nH]c(=O)c2c1nc(N/N=C\c1ccccc1Cl)n2Cc1ccc(F)cc1. The molecule has 0 radical (unpaired) electrons. The highest BCUT2D eigenvalue weighted by Crippen LogP contribution is 2.18. The first-order valence-corrected chi connectivity index (χ1v) is 9.29. The highest BCUT2D eigenvalue weighted by Gasteiger charge is 2.17. The lowest BCUT2D eigenvalue weighted by molar-refractivity contribution is 0.626. The molecule has 2 aromatic heterocycles. The zero-order valence-electron chi connectivity index (χ0n) is 15.8. The van der Waals surface area contributed by atoms with E-state index in [2.05, 4.69) is 20.5 Å². The molecule has 152 valence electrons. The summed E-state index contributed by atoms with van der Waals surface area (Å²) >= 11 is 6.13. The molecule has 4 rings (SSSR count). The number of nitrogens with zero attached hydrogens (tertiary/aromatic N) is 4. The Morgan fingerprint density at radius 1 is 1.20 bits per heavy atom. The Hall–Kier alpha value is -3.72. The lowest BCUT2D eigenvalue weighted by Gasteiger charge is -2.08. The van der Waals surface area contributed by atoms with Crippen molar-refractivity contribution in [1.82, 2.24) is 19.1 Å². The van der Waals surface area contributed by atoms with E-state index in [0.29, 0.717) is 10.6 Å². The molecule has 0 saturated heterocycles. The fourth-order valence-electron chi connectivity index (χ4n) is 2.99. The molecule has 0 bridgehead atoms. The predicted molar refractivity (Wildman–Crippen MR) is 114 cm³/mol. The second-order valence-corrected chi connectivity index (χ2v) is 6.94. The van der Waals surface area contributed by atoms with E-state index >= 15 is 0 Å². The Kier molecular flexibility index (Phi) is 5.20. The van der Waals surface area contributed by atoms with E-state index in [1.807, 2.05) is 12.1 Å². The van der Waals surface area contributed by atoms with Gasteiger partial charge in [0.1, 0.15) is 5.82 Å². The van der Waals surface area contributed by atoms with Crippen molar-refractivity contribution < 1.29 is 4.39 Å². The Morgan fingerprint density at radius 3 is 2.67 bits per heavy atom. The summed E-state index contributed by atoms with van der Waals surface area (Å²) < 4.78 is 16.1. The molecule has 0 aliphatic rings. The Labute approximate surface area is 174 Å². The molecule has 0 aliphatic carbocycles. The number of rotatable bonds is 5. The van der Waals surface area contributed by atoms with Crippen LogP contribution in [0.3, 0.4) is 0 Å². The lowest BCUT2D eigenvalue weighted by atomic mass is 10.2. The van der Waals surface area contributed by atoms with Crippen LogP contribution in [0.15, 0.2) is 63.2 Å². The molecule has 0 amide bonds. The number of H-pyrrole nitrogens is 1. The average Bonchev–Trinajstić information content (AvgIpc) is 3.08. The Balaban J connectivity index is 1.79. The van der Waals surface area contributed by atoms with Gasteiger partial charge in [-0.25, -0.2) is 14.6 Å². The van der Waals surface area contributed by atoms with Crippen LogP contribution in [0.5, 0.6) is 0 Å². The van der Waals surface area contributed by atoms with Gasteiger partial charge in [-0.3, -0.25) is 18.9 Å². The van der Waals surface area contributed by atoms with Gasteiger partial charge in [0.25, 0.3) is 5.56 Å². The van der Waals surface area contributed by atoms with Gasteiger partial charge >= 0.3 is 5.69 Å². The first-order chi connectivity index (χ1) is 14.4. The lowest BCUT2D eigenvalue weighted by Crippen LogP contribution is -2.29. The molecule has 2 N–H and O–H groups in total. The summed E-state index contributed by atoms with van der Waals surface area (Å²) in [6, 6.07) is 13.0. The Bertz CT molecular complexity index is 1370. The van der Waals surface area contributed by atoms with Gasteiger partial charge in [-0.1, -0.05) is 41.9 Å². The van der Waals surface area contributed by atoms with E-state index in [9.17, 15) is 14.0 Å². The van der Waals surface area contributed by atoms with E-state index in [0.717, 1.165) is 5.56 Å². The zero-order valence-corrected chi connectivity index (χ0v) is 16.5. The number of aromatic nitrogens is 4. The van der Waals surface area contributed by atoms with Gasteiger partial charge in [-0.15, -0.1) is 0 Å². The van der Waals surface area contributed by atoms with E-state index in [1.165, 1.54) is 30.0 Å². The number of anilines is 1. The maximum absolute atomic E-state index is 13.3. The molecule has 2 aromatic carbocycles. The maximum Gasteiger partial charge on any atom is 0.329 e. The number of hydrogen-bond acceptors (Lipinski definition) is 5. The summed E-state index contributed by atoms with van der Waals surface area (Å²) in [5.74, 6) is -0.124. The van der Waals surface area contributed by atoms with Crippen LogP contribution in [0.1, 0.15) is 11.1 Å². The van der Waals surface area contributed by atoms with Crippen LogP contribution in [-0.2, 0) is 13.6 Å². The molecular weight excluding hydrogens is 411 g/mol. The normalized spacial score (nSPS) is 11.4. The monoisotopic (exact) mass is 426 g/mol. The molecule has 0 atom stereocenters. The van der Waals surface area contributed by atoms with E-state index < -0.39 is 11.2 Å². The summed E-state index contributed by atoms with van der Waals surface area (Å²) in [6.45, 7) is 0.210. The third kappa shape index (κ3) is 3.74. The number of halogens is 2. The van der Waals surface area contributed by atoms with Crippen molar-refractivity contribution in [2.75, 3.05) is 5.43 Å². The van der Waals surface area contributed by atoms with Gasteiger partial charge in [-0.05, 0) is 23.8 Å². The molecule has 4 aromatic rings. The quantitative estimate of drug-likeness (QED) is 0.379. The number of benzene rings is 2. The number of aromatic amines is 1. The van der Waals surface area contributed by atoms with Crippen LogP contribution in [0.2, 0.25) is 5.02 Å². The largest absolute Gasteiger partial charge is 0.329 e. The third-order valence-corrected chi connectivity index (χ3v) is 4.88. The highest BCUT2D eigenvalue weighted by molar-refractivity contribution is 6.33. The van der Waals surface area contributed by atoms with Gasteiger partial charge in [0.2, 0.25) is 5.95 Å². The van der Waals surface area contributed by atoms with Crippen molar-refractivity contribution in [3.8, 4) is 0 Å². The summed E-state index contributed by atoms with van der Waals surface area (Å²) in [5, 5.41) is 4.69. The zero-order chi connectivity index (χ0) is 21.3. The molecule has 10 heteroatoms. The summed E-state index contributed by atoms with van der Waals surface area (Å²) in [5.41, 5.74) is 3.47. The fourth-order valence-corrected chi connectivity index (χ4v) is 3.17. The summed E-state index contributed by atoms with van der Waals surface area (Å²) in [6.07, 6.45) is 1.52. The van der Waals surface area contributed by atoms with Crippen LogP contribution in [-0.4, -0.2) is 25.3 Å². The van der Waals surface area contributed by atoms with E-state index in [4.69, 9.17) is 11.6 Å². The average molecular weight is 427 g/mol. The van der Waals surface area contributed by atoms with Gasteiger partial charge < -0.3 is 0 Å². The molecule has 0 aliphatic heterocycles. The van der Waals surface area contributed by atoms with Crippen LogP contribution in [0, 0.1) is 5.82 Å². The van der Waals surface area contributed by atoms with Gasteiger partial charge in [0.15, 0.2) is 11.2 Å². The first kappa shape index (κ1) is 19.6. The minimum absolute atomic E-state index is 0.192. The topological polar surface area (TPSA) is 97.1 Å². The third-order valence-electron chi connectivity index (χ3n) is 4.53. The van der Waals surface area contributed by atoms with Gasteiger partial charge in [0.05, 0.1) is 12.8 Å². The second-order valence-electron chi connectivity index (χ2n) is 6.53. The Morgan fingerprint density at radius 2 is 1.93 bits per heavy atom. The van der Waals surface area contributed by atoms with Crippen molar-refractivity contribution in [2.45, 2.75) is 6.54 Å². The molecule has 2 heterocycles. The van der Waals surface area contributed by atoms with E-state index in [-0.39, 0.29) is 29.5 Å². The number of fused-ring (bicyclic) bond motifs is 1. The molecule has 0 saturated carbocycles. The number of imidazole rings is 1. The van der Waals surface area contributed by atoms with Crippen LogP contribution < -0.4 is 16.7 Å². The minimum Gasteiger partial charge on any atom is -0.298 e. The van der Waals surface area contributed by atoms with Crippen molar-refractivity contribution in [3.05, 3.63) is 91.3 Å². The van der Waals surface area contributed by atoms with Crippen molar-refractivity contribution in [3.63, 3.8) is 0 Å². The molecule has 30 heavy (non-hydrogen) atoms. The predicted octanol–water partition coefficient (Wildman–Crippen LogP) is 2.71. The number of aryl methyl sites for hydroxylation is 1. The molecule has 0 unspecified atom stereocenters. The van der Waals surface area contributed by atoms with Crippen LogP contribution in [0.25, 0.3) is 11.2 Å². The van der Waals surface area contributed by atoms with Crippen molar-refractivity contribution in [2.24, 2.45) is 12.1 Å². The standard InChI is InChI=1S/C20H16ClFN6O2/c1-27-17-16(18(29)25-20(27)30)28(11-12-6-8-14(22)9-7-12)19(24-17)26-23-10-13-4-2-3-5-15(13)21/h2-10H,11H2,1H3,(H,24,26)(H,25,29,30)/b23-10-.